The first-order chi connectivity index (χ1) is 16.8. The van der Waals surface area contributed by atoms with Gasteiger partial charge in [0.15, 0.2) is 17.3 Å². The number of aromatic nitrogens is 2. The molecule has 0 unspecified atom stereocenters. The van der Waals surface area contributed by atoms with E-state index < -0.39 is 28.7 Å². The van der Waals surface area contributed by atoms with Crippen LogP contribution in [0.25, 0.3) is 16.6 Å². The van der Waals surface area contributed by atoms with Crippen molar-refractivity contribution >= 4 is 39.8 Å². The summed E-state index contributed by atoms with van der Waals surface area (Å²) in [6, 6.07) is 5.61. The number of thiophene rings is 1. The van der Waals surface area contributed by atoms with Crippen molar-refractivity contribution in [2.75, 3.05) is 13.7 Å². The highest BCUT2D eigenvalue weighted by Crippen LogP contribution is 2.37. The molecule has 0 amide bonds. The zero-order valence-electron chi connectivity index (χ0n) is 18.0. The minimum atomic E-state index is -1.34. The molecule has 4 aromatic rings. The second-order valence-electron chi connectivity index (χ2n) is 7.59. The molecule has 0 aliphatic carbocycles. The summed E-state index contributed by atoms with van der Waals surface area (Å²) in [5.74, 6) is -1.57. The van der Waals surface area contributed by atoms with Crippen molar-refractivity contribution in [1.82, 2.24) is 9.55 Å². The fourth-order valence-corrected chi connectivity index (χ4v) is 5.04. The predicted octanol–water partition coefficient (Wildman–Crippen LogP) is 3.75. The first-order valence-corrected chi connectivity index (χ1v) is 11.5. The fraction of sp³-hybridized carbons (Fsp3) is 0.174. The average Bonchev–Trinajstić information content (AvgIpc) is 3.48. The number of carboxylic acid groups (broad SMARTS) is 1. The van der Waals surface area contributed by atoms with E-state index in [4.69, 9.17) is 25.8 Å². The van der Waals surface area contributed by atoms with Crippen LogP contribution >= 0.6 is 22.9 Å². The van der Waals surface area contributed by atoms with E-state index in [9.17, 15) is 19.5 Å². The number of fused-ring (bicyclic) bond motifs is 2. The summed E-state index contributed by atoms with van der Waals surface area (Å²) in [6.07, 6.45) is 0.668. The van der Waals surface area contributed by atoms with E-state index in [-0.39, 0.29) is 33.9 Å². The normalized spacial score (nSPS) is 12.4. The van der Waals surface area contributed by atoms with E-state index in [0.717, 1.165) is 29.0 Å². The fourth-order valence-electron chi connectivity index (χ4n) is 3.97. The van der Waals surface area contributed by atoms with Gasteiger partial charge in [-0.05, 0) is 6.07 Å². The Balaban J connectivity index is 1.60. The first kappa shape index (κ1) is 22.9. The number of aromatic carboxylic acids is 1. The minimum Gasteiger partial charge on any atom is -0.493 e. The standard InChI is InChI=1S/C23H16ClFN2O7S/c1-32-16-6-13(25)15(27-21(28)18-14(26-23(27)31)9-35-20(18)22(29)30)7-17(16)34-8-10-2-3-12(24)11-4-5-33-19(10)11/h2-3,6-7,9H,4-5,8H2,1H3,(H,26,31)(H,29,30). The molecule has 3 heterocycles. The van der Waals surface area contributed by atoms with E-state index in [1.165, 1.54) is 12.5 Å². The van der Waals surface area contributed by atoms with Crippen molar-refractivity contribution in [1.29, 1.82) is 0 Å². The molecule has 2 aromatic heterocycles. The predicted molar refractivity (Wildman–Crippen MR) is 126 cm³/mol. The number of carbonyl (C=O) groups is 1. The molecular weight excluding hydrogens is 503 g/mol. The highest BCUT2D eigenvalue weighted by Gasteiger charge is 2.23. The molecule has 0 saturated heterocycles. The van der Waals surface area contributed by atoms with Gasteiger partial charge in [-0.2, -0.15) is 0 Å². The van der Waals surface area contributed by atoms with E-state index in [1.54, 1.807) is 12.1 Å². The third-order valence-corrected chi connectivity index (χ3v) is 6.91. The van der Waals surface area contributed by atoms with Gasteiger partial charge in [-0.1, -0.05) is 17.7 Å². The van der Waals surface area contributed by atoms with Crippen LogP contribution in [0.5, 0.6) is 17.2 Å². The number of H-pyrrole nitrogens is 1. The van der Waals surface area contributed by atoms with Gasteiger partial charge in [-0.25, -0.2) is 18.5 Å². The first-order valence-electron chi connectivity index (χ1n) is 10.2. The lowest BCUT2D eigenvalue weighted by molar-refractivity contribution is 0.0704. The molecule has 2 aromatic carbocycles. The molecule has 2 N–H and O–H groups in total. The summed E-state index contributed by atoms with van der Waals surface area (Å²) in [5.41, 5.74) is -0.696. The number of aromatic amines is 1. The van der Waals surface area contributed by atoms with Crippen LogP contribution in [0.3, 0.4) is 0 Å². The van der Waals surface area contributed by atoms with E-state index in [1.807, 2.05) is 0 Å². The highest BCUT2D eigenvalue weighted by atomic mass is 35.5. The molecule has 1 aliphatic heterocycles. The summed E-state index contributed by atoms with van der Waals surface area (Å²) in [5, 5.41) is 11.1. The number of hydrogen-bond acceptors (Lipinski definition) is 7. The molecule has 0 saturated carbocycles. The molecule has 12 heteroatoms. The lowest BCUT2D eigenvalue weighted by Gasteiger charge is -2.15. The summed E-state index contributed by atoms with van der Waals surface area (Å²) in [4.78, 5) is 39.5. The molecule has 35 heavy (non-hydrogen) atoms. The molecule has 5 rings (SSSR count). The van der Waals surface area contributed by atoms with Crippen LogP contribution in [0.15, 0.2) is 39.2 Å². The molecule has 0 fully saturated rings. The van der Waals surface area contributed by atoms with Crippen molar-refractivity contribution in [2.45, 2.75) is 13.0 Å². The largest absolute Gasteiger partial charge is 0.493 e. The van der Waals surface area contributed by atoms with Crippen LogP contribution in [0.2, 0.25) is 5.02 Å². The Labute approximate surface area is 204 Å². The number of hydrogen-bond donors (Lipinski definition) is 2. The Hall–Kier alpha value is -3.83. The Kier molecular flexibility index (Phi) is 5.73. The van der Waals surface area contributed by atoms with Gasteiger partial charge in [0.2, 0.25) is 0 Å². The molecule has 0 atom stereocenters. The Morgan fingerprint density at radius 2 is 2.11 bits per heavy atom. The van der Waals surface area contributed by atoms with Crippen LogP contribution in [0, 0.1) is 5.82 Å². The second-order valence-corrected chi connectivity index (χ2v) is 8.87. The number of nitrogens with one attached hydrogen (secondary N) is 1. The molecular formula is C23H16ClFN2O7S. The second kappa shape index (κ2) is 8.75. The maximum Gasteiger partial charge on any atom is 0.346 e. The lowest BCUT2D eigenvalue weighted by atomic mass is 10.1. The van der Waals surface area contributed by atoms with Gasteiger partial charge in [0.25, 0.3) is 5.56 Å². The van der Waals surface area contributed by atoms with Crippen LogP contribution in [0.4, 0.5) is 4.39 Å². The molecule has 9 nitrogen and oxygen atoms in total. The number of nitrogens with zero attached hydrogens (tertiary/aromatic N) is 1. The Bertz CT molecular complexity index is 1630. The minimum absolute atomic E-state index is 0.0128. The molecule has 180 valence electrons. The van der Waals surface area contributed by atoms with E-state index in [0.29, 0.717) is 33.9 Å². The molecule has 0 bridgehead atoms. The van der Waals surface area contributed by atoms with Gasteiger partial charge in [0.05, 0.1) is 30.3 Å². The van der Waals surface area contributed by atoms with Crippen molar-refractivity contribution in [3.8, 4) is 22.9 Å². The van der Waals surface area contributed by atoms with E-state index >= 15 is 4.39 Å². The smallest absolute Gasteiger partial charge is 0.346 e. The average molecular weight is 519 g/mol. The van der Waals surface area contributed by atoms with Gasteiger partial charge in [-0.3, -0.25) is 4.79 Å². The van der Waals surface area contributed by atoms with Crippen LogP contribution in [0.1, 0.15) is 20.8 Å². The van der Waals surface area contributed by atoms with Crippen molar-refractivity contribution < 1.29 is 28.5 Å². The number of ether oxygens (including phenoxy) is 3. The monoisotopic (exact) mass is 518 g/mol. The van der Waals surface area contributed by atoms with Gasteiger partial charge < -0.3 is 24.3 Å². The van der Waals surface area contributed by atoms with Gasteiger partial charge in [0, 0.05) is 40.1 Å². The summed E-state index contributed by atoms with van der Waals surface area (Å²) < 4.78 is 32.3. The number of carboxylic acids is 1. The summed E-state index contributed by atoms with van der Waals surface area (Å²) in [6.45, 7) is 0.504. The van der Waals surface area contributed by atoms with Gasteiger partial charge in [0.1, 0.15) is 17.2 Å². The summed E-state index contributed by atoms with van der Waals surface area (Å²) in [7, 11) is 1.32. The van der Waals surface area contributed by atoms with Gasteiger partial charge in [-0.15, -0.1) is 11.3 Å². The Morgan fingerprint density at radius 3 is 2.86 bits per heavy atom. The van der Waals surface area contributed by atoms with Crippen LogP contribution < -0.4 is 25.5 Å². The molecule has 1 aliphatic rings. The number of methoxy groups -OCH3 is 1. The van der Waals surface area contributed by atoms with Crippen LogP contribution in [-0.4, -0.2) is 34.3 Å². The number of benzene rings is 2. The maximum absolute atomic E-state index is 15.0. The topological polar surface area (TPSA) is 120 Å². The lowest BCUT2D eigenvalue weighted by Crippen LogP contribution is -2.34. The van der Waals surface area contributed by atoms with Crippen LogP contribution in [-0.2, 0) is 13.0 Å². The van der Waals surface area contributed by atoms with Gasteiger partial charge >= 0.3 is 11.7 Å². The molecule has 0 spiro atoms. The Morgan fingerprint density at radius 1 is 1.31 bits per heavy atom. The molecule has 0 radical (unpaired) electrons. The summed E-state index contributed by atoms with van der Waals surface area (Å²) >= 11 is 7.01. The number of rotatable bonds is 6. The van der Waals surface area contributed by atoms with Crippen molar-refractivity contribution in [2.24, 2.45) is 0 Å². The maximum atomic E-state index is 15.0. The third-order valence-electron chi connectivity index (χ3n) is 5.59. The quantitative estimate of drug-likeness (QED) is 0.399. The SMILES string of the molecule is COc1cc(F)c(-n2c(=O)[nH]c3csc(C(=O)O)c3c2=O)cc1OCc1ccc(Cl)c2c1OCC2. The zero-order chi connectivity index (χ0) is 24.9. The third kappa shape index (κ3) is 3.82. The van der Waals surface area contributed by atoms with E-state index in [2.05, 4.69) is 4.98 Å². The number of halogens is 2. The van der Waals surface area contributed by atoms with Crippen molar-refractivity contribution in [3.63, 3.8) is 0 Å². The zero-order valence-corrected chi connectivity index (χ0v) is 19.6. The highest BCUT2D eigenvalue weighted by molar-refractivity contribution is 7.13. The van der Waals surface area contributed by atoms with Crippen molar-refractivity contribution in [3.05, 3.63) is 77.3 Å².